The third-order valence-electron chi connectivity index (χ3n) is 4.45. The number of nitrogens with zero attached hydrogens (tertiary/aromatic N) is 1. The molecular weight excluding hydrogens is 426 g/mol. The third kappa shape index (κ3) is 4.12. The molecule has 2 heterocycles. The first-order valence-corrected chi connectivity index (χ1v) is 10.9. The molecule has 0 spiro atoms. The lowest BCUT2D eigenvalue weighted by molar-refractivity contribution is 0.0602. The lowest BCUT2D eigenvalue weighted by Gasteiger charge is -2.20. The Morgan fingerprint density at radius 2 is 1.93 bits per heavy atom. The van der Waals surface area contributed by atoms with Crippen molar-refractivity contribution >= 4 is 56.1 Å². The molecule has 0 unspecified atom stereocenters. The zero-order valence-corrected chi connectivity index (χ0v) is 17.4. The van der Waals surface area contributed by atoms with Gasteiger partial charge in [-0.05, 0) is 36.4 Å². The van der Waals surface area contributed by atoms with E-state index in [2.05, 4.69) is 15.6 Å². The van der Waals surface area contributed by atoms with Crippen molar-refractivity contribution in [3.8, 4) is 0 Å². The summed E-state index contributed by atoms with van der Waals surface area (Å²) in [5.41, 5.74) is 3.31. The molecule has 0 amide bonds. The number of hydrogen-bond acceptors (Lipinski definition) is 7. The van der Waals surface area contributed by atoms with Crippen LogP contribution in [0.1, 0.15) is 10.4 Å². The Balaban J connectivity index is 1.84. The summed E-state index contributed by atoms with van der Waals surface area (Å²) in [5, 5.41) is 10.4. The maximum Gasteiger partial charge on any atom is 0.339 e. The number of aromatic nitrogens is 1. The lowest BCUT2D eigenvalue weighted by atomic mass is 10.1. The van der Waals surface area contributed by atoms with Crippen LogP contribution in [0.3, 0.4) is 0 Å². The van der Waals surface area contributed by atoms with E-state index in [-0.39, 0.29) is 0 Å². The topological polar surface area (TPSA) is 104 Å². The fourth-order valence-electron chi connectivity index (χ4n) is 3.07. The molecule has 1 aliphatic heterocycles. The summed E-state index contributed by atoms with van der Waals surface area (Å²) < 4.78 is 24.5. The van der Waals surface area contributed by atoms with Gasteiger partial charge in [0.05, 0.1) is 52.6 Å². The minimum atomic E-state index is -2.89. The van der Waals surface area contributed by atoms with Gasteiger partial charge in [-0.2, -0.15) is 10.6 Å². The number of methoxy groups -OCH3 is 1. The first kappa shape index (κ1) is 20.2. The van der Waals surface area contributed by atoms with Gasteiger partial charge in [-0.1, -0.05) is 23.7 Å². The molecular formula is C21H18ClN3O4S. The Labute approximate surface area is 179 Å². The molecule has 2 aromatic carbocycles. The first-order chi connectivity index (χ1) is 14.4. The summed E-state index contributed by atoms with van der Waals surface area (Å²) in [6.07, 6.45) is 3.21. The summed E-state index contributed by atoms with van der Waals surface area (Å²) in [6.45, 7) is 0. The van der Waals surface area contributed by atoms with Gasteiger partial charge in [0, 0.05) is 15.8 Å². The second-order valence-electron chi connectivity index (χ2n) is 6.51. The van der Waals surface area contributed by atoms with Crippen molar-refractivity contribution in [2.24, 2.45) is 0 Å². The number of ether oxygens (including phenoxy) is 1. The van der Waals surface area contributed by atoms with Gasteiger partial charge in [0.25, 0.3) is 0 Å². The van der Waals surface area contributed by atoms with Crippen LogP contribution in [0.5, 0.6) is 0 Å². The van der Waals surface area contributed by atoms with Gasteiger partial charge in [0.1, 0.15) is 0 Å². The molecule has 3 aromatic rings. The Kier molecular flexibility index (Phi) is 5.40. The van der Waals surface area contributed by atoms with Crippen molar-refractivity contribution in [1.29, 1.82) is 0 Å². The molecule has 4 N–H and O–H groups in total. The van der Waals surface area contributed by atoms with Gasteiger partial charge in [0.2, 0.25) is 0 Å². The van der Waals surface area contributed by atoms with E-state index < -0.39 is 16.6 Å². The third-order valence-corrected chi connectivity index (χ3v) is 5.82. The average Bonchev–Trinajstić information content (AvgIpc) is 3.07. The molecule has 30 heavy (non-hydrogen) atoms. The normalized spacial score (nSPS) is 15.5. The molecule has 7 nitrogen and oxygen atoms in total. The lowest BCUT2D eigenvalue weighted by Crippen LogP contribution is -2.07. The molecule has 0 saturated heterocycles. The zero-order valence-electron chi connectivity index (χ0n) is 15.8. The number of esters is 1. The molecule has 9 heteroatoms. The molecule has 1 aliphatic rings. The second-order valence-corrected chi connectivity index (χ2v) is 8.73. The number of pyridine rings is 1. The Bertz CT molecular complexity index is 1210. The standard InChI is InChI=1S/C21H18ClN3O4S/c1-29-21(26)15-4-2-3-5-18(15)25-20-16-10-13(22)6-7-17(16)23-11-19(20)24-14-8-9-30(27,28)12-14/h2-12,24,27-28H,1H3,(H,23,25). The van der Waals surface area contributed by atoms with Gasteiger partial charge in [-0.25, -0.2) is 4.79 Å². The van der Waals surface area contributed by atoms with Crippen LogP contribution in [-0.4, -0.2) is 27.2 Å². The number of fused-ring (bicyclic) bond motifs is 1. The molecule has 0 bridgehead atoms. The van der Waals surface area contributed by atoms with Gasteiger partial charge < -0.3 is 15.4 Å². The first-order valence-electron chi connectivity index (χ1n) is 8.84. The highest BCUT2D eigenvalue weighted by Gasteiger charge is 2.18. The van der Waals surface area contributed by atoms with Crippen LogP contribution in [0.15, 0.2) is 71.3 Å². The van der Waals surface area contributed by atoms with E-state index in [9.17, 15) is 13.9 Å². The molecule has 0 saturated carbocycles. The highest BCUT2D eigenvalue weighted by molar-refractivity contribution is 8.29. The van der Waals surface area contributed by atoms with Gasteiger partial charge >= 0.3 is 5.97 Å². The molecule has 0 aliphatic carbocycles. The largest absolute Gasteiger partial charge is 0.465 e. The minimum Gasteiger partial charge on any atom is -0.465 e. The van der Waals surface area contributed by atoms with E-state index in [4.69, 9.17) is 16.3 Å². The van der Waals surface area contributed by atoms with Crippen molar-refractivity contribution in [2.45, 2.75) is 0 Å². The van der Waals surface area contributed by atoms with E-state index in [0.717, 1.165) is 5.39 Å². The smallest absolute Gasteiger partial charge is 0.339 e. The zero-order chi connectivity index (χ0) is 21.3. The van der Waals surface area contributed by atoms with Crippen molar-refractivity contribution in [1.82, 2.24) is 4.98 Å². The van der Waals surface area contributed by atoms with Crippen molar-refractivity contribution in [2.75, 3.05) is 17.7 Å². The van der Waals surface area contributed by atoms with Crippen LogP contribution in [-0.2, 0) is 4.74 Å². The molecule has 1 aromatic heterocycles. The fraction of sp³-hybridized carbons (Fsp3) is 0.0476. The number of rotatable bonds is 5. The number of hydrogen-bond donors (Lipinski definition) is 4. The van der Waals surface area contributed by atoms with E-state index in [1.165, 1.54) is 17.9 Å². The molecule has 0 radical (unpaired) electrons. The number of para-hydroxylation sites is 1. The number of benzene rings is 2. The Hall–Kier alpha value is -3.04. The van der Waals surface area contributed by atoms with Crippen LogP contribution in [0.4, 0.5) is 17.1 Å². The number of carbonyl (C=O) groups excluding carboxylic acids is 1. The van der Waals surface area contributed by atoms with Gasteiger partial charge in [0.15, 0.2) is 0 Å². The Morgan fingerprint density at radius 3 is 2.67 bits per heavy atom. The Morgan fingerprint density at radius 1 is 1.13 bits per heavy atom. The maximum absolute atomic E-state index is 12.2. The number of halogens is 1. The second kappa shape index (κ2) is 8.00. The summed E-state index contributed by atoms with van der Waals surface area (Å²) >= 11 is 6.22. The summed E-state index contributed by atoms with van der Waals surface area (Å²) in [6, 6.07) is 12.3. The number of allylic oxidation sites excluding steroid dienone is 1. The monoisotopic (exact) mass is 443 g/mol. The summed E-state index contributed by atoms with van der Waals surface area (Å²) in [5.74, 6) is -0.473. The van der Waals surface area contributed by atoms with Crippen LogP contribution < -0.4 is 10.6 Å². The highest BCUT2D eigenvalue weighted by Crippen LogP contribution is 2.48. The molecule has 4 rings (SSSR count). The predicted molar refractivity (Wildman–Crippen MR) is 122 cm³/mol. The van der Waals surface area contributed by atoms with Crippen LogP contribution in [0, 0.1) is 0 Å². The van der Waals surface area contributed by atoms with E-state index >= 15 is 0 Å². The van der Waals surface area contributed by atoms with Crippen molar-refractivity contribution in [3.05, 3.63) is 81.8 Å². The van der Waals surface area contributed by atoms with Crippen LogP contribution in [0.25, 0.3) is 10.9 Å². The number of nitrogens with one attached hydrogen (secondary N) is 2. The molecule has 0 fully saturated rings. The highest BCUT2D eigenvalue weighted by atomic mass is 35.5. The SMILES string of the molecule is COC(=O)c1ccccc1Nc1c(NC2=CS(O)(O)C=C2)cnc2ccc(Cl)cc12. The number of carbonyl (C=O) groups is 1. The average molecular weight is 444 g/mol. The predicted octanol–water partition coefficient (Wildman–Crippen LogP) is 5.95. The van der Waals surface area contributed by atoms with E-state index in [0.29, 0.717) is 38.9 Å². The summed E-state index contributed by atoms with van der Waals surface area (Å²) in [4.78, 5) is 16.6. The summed E-state index contributed by atoms with van der Waals surface area (Å²) in [7, 11) is -1.56. The van der Waals surface area contributed by atoms with E-state index in [1.807, 2.05) is 0 Å². The van der Waals surface area contributed by atoms with E-state index in [1.54, 1.807) is 54.7 Å². The van der Waals surface area contributed by atoms with Gasteiger partial charge in [-0.3, -0.25) is 14.1 Å². The quantitative estimate of drug-likeness (QED) is 0.361. The minimum absolute atomic E-state index is 0.368. The molecule has 0 atom stereocenters. The van der Waals surface area contributed by atoms with Gasteiger partial charge in [-0.15, -0.1) is 0 Å². The van der Waals surface area contributed by atoms with Crippen molar-refractivity contribution in [3.63, 3.8) is 0 Å². The maximum atomic E-state index is 12.2. The van der Waals surface area contributed by atoms with Crippen LogP contribution in [0.2, 0.25) is 5.02 Å². The number of anilines is 3. The van der Waals surface area contributed by atoms with Crippen molar-refractivity contribution < 1.29 is 18.6 Å². The fourth-order valence-corrected chi connectivity index (χ4v) is 4.18. The van der Waals surface area contributed by atoms with Crippen LogP contribution >= 0.6 is 22.2 Å². The molecule has 154 valence electrons.